The normalized spacial score (nSPS) is 16.1. The first-order valence-corrected chi connectivity index (χ1v) is 13.2. The van der Waals surface area contributed by atoms with Crippen molar-refractivity contribution in [3.8, 4) is 0 Å². The van der Waals surface area contributed by atoms with E-state index in [1.807, 2.05) is 54.6 Å². The molecule has 0 saturated carbocycles. The van der Waals surface area contributed by atoms with Gasteiger partial charge in [-0.25, -0.2) is 8.42 Å². The Bertz CT molecular complexity index is 1350. The summed E-state index contributed by atoms with van der Waals surface area (Å²) in [5.41, 5.74) is 2.79. The summed E-state index contributed by atoms with van der Waals surface area (Å²) in [4.78, 5) is 27.6. The van der Waals surface area contributed by atoms with Crippen LogP contribution in [0.4, 0.5) is 11.4 Å². The number of piperidine rings is 1. The van der Waals surface area contributed by atoms with E-state index in [9.17, 15) is 18.0 Å². The molecule has 2 aliphatic heterocycles. The van der Waals surface area contributed by atoms with Gasteiger partial charge in [-0.15, -0.1) is 0 Å². The SMILES string of the molecule is O=C(Nc1ccccc1)C1CCN(C(=O)c2cccc(S(=O)(=O)N3CCc4ccccc43)c2)CC1. The van der Waals surface area contributed by atoms with E-state index in [1.54, 1.807) is 17.0 Å². The Hall–Kier alpha value is -3.65. The van der Waals surface area contributed by atoms with E-state index in [-0.39, 0.29) is 22.6 Å². The molecule has 2 heterocycles. The Labute approximate surface area is 205 Å². The summed E-state index contributed by atoms with van der Waals surface area (Å²) in [7, 11) is -3.78. The van der Waals surface area contributed by atoms with Crippen LogP contribution < -0.4 is 9.62 Å². The quantitative estimate of drug-likeness (QED) is 0.588. The topological polar surface area (TPSA) is 86.8 Å². The Kier molecular flexibility index (Phi) is 6.30. The minimum absolute atomic E-state index is 0.0396. The fraction of sp³-hybridized carbons (Fsp3) is 0.259. The number of nitrogens with one attached hydrogen (secondary N) is 1. The van der Waals surface area contributed by atoms with Crippen LogP contribution in [0.25, 0.3) is 0 Å². The van der Waals surface area contributed by atoms with Gasteiger partial charge in [-0.1, -0.05) is 42.5 Å². The molecule has 0 unspecified atom stereocenters. The summed E-state index contributed by atoms with van der Waals surface area (Å²) in [6.07, 6.45) is 1.79. The lowest BCUT2D eigenvalue weighted by Crippen LogP contribution is -2.41. The van der Waals surface area contributed by atoms with Crippen LogP contribution in [-0.4, -0.2) is 44.8 Å². The number of sulfonamides is 1. The molecule has 2 aliphatic rings. The highest BCUT2D eigenvalue weighted by Crippen LogP contribution is 2.33. The molecule has 5 rings (SSSR count). The van der Waals surface area contributed by atoms with Crippen molar-refractivity contribution in [1.29, 1.82) is 0 Å². The molecule has 0 aromatic heterocycles. The van der Waals surface area contributed by atoms with Gasteiger partial charge in [0.05, 0.1) is 10.6 Å². The van der Waals surface area contributed by atoms with Crippen molar-refractivity contribution in [2.75, 3.05) is 29.3 Å². The van der Waals surface area contributed by atoms with Gasteiger partial charge in [0.1, 0.15) is 0 Å². The maximum atomic E-state index is 13.4. The minimum Gasteiger partial charge on any atom is -0.339 e. The van der Waals surface area contributed by atoms with Gasteiger partial charge in [0.2, 0.25) is 5.91 Å². The number of amides is 2. The van der Waals surface area contributed by atoms with Gasteiger partial charge in [0.25, 0.3) is 15.9 Å². The Morgan fingerprint density at radius 2 is 1.54 bits per heavy atom. The summed E-state index contributed by atoms with van der Waals surface area (Å²) in [6, 6.07) is 23.1. The lowest BCUT2D eigenvalue weighted by Gasteiger charge is -2.31. The molecule has 1 saturated heterocycles. The molecular formula is C27H27N3O4S. The van der Waals surface area contributed by atoms with Gasteiger partial charge in [-0.05, 0) is 61.2 Å². The van der Waals surface area contributed by atoms with Crippen LogP contribution in [0.2, 0.25) is 0 Å². The number of hydrogen-bond acceptors (Lipinski definition) is 4. The van der Waals surface area contributed by atoms with E-state index in [4.69, 9.17) is 0 Å². The maximum Gasteiger partial charge on any atom is 0.264 e. The standard InChI is InChI=1S/C27H27N3O4S/c31-26(28-23-9-2-1-3-10-23)21-13-16-29(17-14-21)27(32)22-8-6-11-24(19-22)35(33,34)30-18-15-20-7-4-5-12-25(20)30/h1-12,19,21H,13-18H2,(H,28,31). The summed E-state index contributed by atoms with van der Waals surface area (Å²) >= 11 is 0. The number of rotatable bonds is 5. The molecule has 1 N–H and O–H groups in total. The van der Waals surface area contributed by atoms with E-state index in [0.29, 0.717) is 50.1 Å². The summed E-state index contributed by atoms with van der Waals surface area (Å²) in [6.45, 7) is 1.28. The second-order valence-electron chi connectivity index (χ2n) is 8.91. The fourth-order valence-electron chi connectivity index (χ4n) is 4.77. The Morgan fingerprint density at radius 1 is 0.829 bits per heavy atom. The second kappa shape index (κ2) is 9.54. The Balaban J connectivity index is 1.26. The number of hydrogen-bond donors (Lipinski definition) is 1. The Morgan fingerprint density at radius 3 is 2.31 bits per heavy atom. The fourth-order valence-corrected chi connectivity index (χ4v) is 6.32. The van der Waals surface area contributed by atoms with Gasteiger partial charge in [0.15, 0.2) is 0 Å². The maximum absolute atomic E-state index is 13.4. The van der Waals surface area contributed by atoms with Crippen LogP contribution in [0.1, 0.15) is 28.8 Å². The molecule has 0 spiro atoms. The third kappa shape index (κ3) is 4.66. The average Bonchev–Trinajstić information content (AvgIpc) is 3.34. The zero-order valence-corrected chi connectivity index (χ0v) is 20.1. The number of carbonyl (C=O) groups is 2. The van der Waals surface area contributed by atoms with E-state index in [0.717, 1.165) is 11.3 Å². The second-order valence-corrected chi connectivity index (χ2v) is 10.8. The number of fused-ring (bicyclic) bond motifs is 1. The van der Waals surface area contributed by atoms with Crippen molar-refractivity contribution in [2.24, 2.45) is 5.92 Å². The monoisotopic (exact) mass is 489 g/mol. The van der Waals surface area contributed by atoms with Crippen molar-refractivity contribution in [2.45, 2.75) is 24.2 Å². The smallest absolute Gasteiger partial charge is 0.264 e. The number of nitrogens with zero attached hydrogens (tertiary/aromatic N) is 2. The van der Waals surface area contributed by atoms with E-state index in [2.05, 4.69) is 5.32 Å². The van der Waals surface area contributed by atoms with Crippen LogP contribution in [0, 0.1) is 5.92 Å². The van der Waals surface area contributed by atoms with Crippen molar-refractivity contribution in [3.05, 3.63) is 90.0 Å². The highest BCUT2D eigenvalue weighted by molar-refractivity contribution is 7.92. The van der Waals surface area contributed by atoms with Gasteiger partial charge in [0, 0.05) is 36.8 Å². The average molecular weight is 490 g/mol. The summed E-state index contributed by atoms with van der Waals surface area (Å²) < 4.78 is 28.2. The van der Waals surface area contributed by atoms with Crippen LogP contribution in [0.5, 0.6) is 0 Å². The number of para-hydroxylation sites is 2. The number of carbonyl (C=O) groups excluding carboxylic acids is 2. The lowest BCUT2D eigenvalue weighted by atomic mass is 9.95. The van der Waals surface area contributed by atoms with Crippen molar-refractivity contribution in [3.63, 3.8) is 0 Å². The summed E-state index contributed by atoms with van der Waals surface area (Å²) in [5, 5.41) is 2.93. The molecule has 0 atom stereocenters. The molecule has 3 aromatic rings. The molecular weight excluding hydrogens is 462 g/mol. The van der Waals surface area contributed by atoms with Crippen LogP contribution in [0.3, 0.4) is 0 Å². The molecule has 3 aromatic carbocycles. The number of anilines is 2. The summed E-state index contributed by atoms with van der Waals surface area (Å²) in [5.74, 6) is -0.422. The van der Waals surface area contributed by atoms with E-state index >= 15 is 0 Å². The van der Waals surface area contributed by atoms with Crippen LogP contribution in [0.15, 0.2) is 83.8 Å². The third-order valence-electron chi connectivity index (χ3n) is 6.71. The molecule has 8 heteroatoms. The molecule has 2 amide bonds. The molecule has 35 heavy (non-hydrogen) atoms. The first-order valence-electron chi connectivity index (χ1n) is 11.8. The van der Waals surface area contributed by atoms with Gasteiger partial charge in [-0.3, -0.25) is 13.9 Å². The predicted molar refractivity (Wildman–Crippen MR) is 135 cm³/mol. The van der Waals surface area contributed by atoms with Crippen molar-refractivity contribution < 1.29 is 18.0 Å². The zero-order valence-electron chi connectivity index (χ0n) is 19.3. The van der Waals surface area contributed by atoms with Gasteiger partial charge in [-0.2, -0.15) is 0 Å². The molecule has 0 radical (unpaired) electrons. The van der Waals surface area contributed by atoms with Crippen molar-refractivity contribution in [1.82, 2.24) is 4.90 Å². The zero-order chi connectivity index (χ0) is 24.4. The van der Waals surface area contributed by atoms with Crippen LogP contribution >= 0.6 is 0 Å². The number of likely N-dealkylation sites (tertiary alicyclic amines) is 1. The highest BCUT2D eigenvalue weighted by atomic mass is 32.2. The van der Waals surface area contributed by atoms with E-state index < -0.39 is 10.0 Å². The highest BCUT2D eigenvalue weighted by Gasteiger charge is 2.32. The molecule has 1 fully saturated rings. The minimum atomic E-state index is -3.78. The predicted octanol–water partition coefficient (Wildman–Crippen LogP) is 3.93. The lowest BCUT2D eigenvalue weighted by molar-refractivity contribution is -0.121. The third-order valence-corrected chi connectivity index (χ3v) is 8.52. The first kappa shape index (κ1) is 23.1. The van der Waals surface area contributed by atoms with Gasteiger partial charge < -0.3 is 10.2 Å². The molecule has 0 bridgehead atoms. The molecule has 0 aliphatic carbocycles. The largest absolute Gasteiger partial charge is 0.339 e. The number of benzene rings is 3. The van der Waals surface area contributed by atoms with E-state index in [1.165, 1.54) is 16.4 Å². The van der Waals surface area contributed by atoms with Crippen molar-refractivity contribution >= 4 is 33.2 Å². The molecule has 7 nitrogen and oxygen atoms in total. The van der Waals surface area contributed by atoms with Gasteiger partial charge >= 0.3 is 0 Å². The molecule has 180 valence electrons. The first-order chi connectivity index (χ1) is 16.9. The van der Waals surface area contributed by atoms with Crippen LogP contribution in [-0.2, 0) is 21.2 Å².